The normalized spacial score (nSPS) is 13.0. The van der Waals surface area contributed by atoms with Crippen molar-refractivity contribution in [2.45, 2.75) is 47.5 Å². The predicted octanol–water partition coefficient (Wildman–Crippen LogP) is 2.66. The summed E-state index contributed by atoms with van der Waals surface area (Å²) >= 11 is 0. The highest BCUT2D eigenvalue weighted by Gasteiger charge is 2.21. The molecule has 0 radical (unpaired) electrons. The van der Waals surface area contributed by atoms with Crippen molar-refractivity contribution in [1.29, 1.82) is 0 Å². The molecular formula is C15H34N2O. The Bertz CT molecular complexity index is 203. The molecular weight excluding hydrogens is 224 g/mol. The Balaban J connectivity index is 3.79. The zero-order chi connectivity index (χ0) is 14.1. The second-order valence-electron chi connectivity index (χ2n) is 6.78. The lowest BCUT2D eigenvalue weighted by Gasteiger charge is -2.29. The predicted molar refractivity (Wildman–Crippen MR) is 80.1 cm³/mol. The van der Waals surface area contributed by atoms with E-state index < -0.39 is 0 Å². The van der Waals surface area contributed by atoms with Gasteiger partial charge >= 0.3 is 0 Å². The zero-order valence-electron chi connectivity index (χ0n) is 13.4. The van der Waals surface area contributed by atoms with Crippen LogP contribution in [0.5, 0.6) is 0 Å². The van der Waals surface area contributed by atoms with E-state index in [9.17, 15) is 0 Å². The van der Waals surface area contributed by atoms with Crippen LogP contribution in [-0.4, -0.2) is 39.9 Å². The third kappa shape index (κ3) is 9.86. The molecule has 0 spiro atoms. The van der Waals surface area contributed by atoms with Crippen molar-refractivity contribution in [3.63, 3.8) is 0 Å². The van der Waals surface area contributed by atoms with Crippen molar-refractivity contribution in [2.24, 2.45) is 10.8 Å². The average Bonchev–Trinajstić information content (AvgIpc) is 2.26. The Morgan fingerprint density at radius 2 is 1.39 bits per heavy atom. The Labute approximate surface area is 114 Å². The quantitative estimate of drug-likeness (QED) is 0.559. The van der Waals surface area contributed by atoms with Crippen molar-refractivity contribution in [2.75, 3.05) is 39.9 Å². The molecule has 0 heterocycles. The summed E-state index contributed by atoms with van der Waals surface area (Å²) in [6, 6.07) is 0. The van der Waals surface area contributed by atoms with E-state index in [-0.39, 0.29) is 10.8 Å². The molecule has 110 valence electrons. The molecule has 0 amide bonds. The number of ether oxygens (including phenoxy) is 1. The maximum atomic E-state index is 5.94. The minimum atomic E-state index is 0.265. The van der Waals surface area contributed by atoms with E-state index in [2.05, 4.69) is 45.3 Å². The topological polar surface area (TPSA) is 33.3 Å². The Kier molecular flexibility index (Phi) is 8.83. The number of hydrogen-bond acceptors (Lipinski definition) is 3. The van der Waals surface area contributed by atoms with Gasteiger partial charge in [0.1, 0.15) is 0 Å². The van der Waals surface area contributed by atoms with E-state index in [1.165, 1.54) is 0 Å². The molecule has 0 aromatic rings. The van der Waals surface area contributed by atoms with Crippen LogP contribution in [0, 0.1) is 10.8 Å². The molecule has 0 aliphatic heterocycles. The van der Waals surface area contributed by atoms with Gasteiger partial charge in [0, 0.05) is 0 Å². The molecule has 0 aliphatic carbocycles. The lowest BCUT2D eigenvalue weighted by molar-refractivity contribution is 0.0102. The van der Waals surface area contributed by atoms with E-state index in [1.807, 2.05) is 7.05 Å². The maximum Gasteiger partial charge on any atom is 0.0517 e. The average molecular weight is 258 g/mol. The highest BCUT2D eigenvalue weighted by Crippen LogP contribution is 2.24. The van der Waals surface area contributed by atoms with Crippen LogP contribution >= 0.6 is 0 Å². The first-order valence-corrected chi connectivity index (χ1v) is 7.26. The highest BCUT2D eigenvalue weighted by molar-refractivity contribution is 4.72. The number of nitrogens with one attached hydrogen (secondary N) is 2. The van der Waals surface area contributed by atoms with Crippen molar-refractivity contribution in [3.8, 4) is 0 Å². The zero-order valence-corrected chi connectivity index (χ0v) is 13.4. The van der Waals surface area contributed by atoms with Gasteiger partial charge in [-0.2, -0.15) is 0 Å². The van der Waals surface area contributed by atoms with E-state index >= 15 is 0 Å². The summed E-state index contributed by atoms with van der Waals surface area (Å²) in [6.45, 7) is 16.1. The summed E-state index contributed by atoms with van der Waals surface area (Å²) in [5, 5.41) is 6.58. The molecule has 0 atom stereocenters. The van der Waals surface area contributed by atoms with Gasteiger partial charge in [0.2, 0.25) is 0 Å². The molecule has 3 heteroatoms. The monoisotopic (exact) mass is 258 g/mol. The Morgan fingerprint density at radius 3 is 1.83 bits per heavy atom. The minimum absolute atomic E-state index is 0.265. The van der Waals surface area contributed by atoms with Crippen molar-refractivity contribution in [3.05, 3.63) is 0 Å². The van der Waals surface area contributed by atoms with Crippen LogP contribution in [0.2, 0.25) is 0 Å². The lowest BCUT2D eigenvalue weighted by atomic mass is 9.89. The molecule has 0 rings (SSSR count). The first kappa shape index (κ1) is 17.9. The fraction of sp³-hybridized carbons (Fsp3) is 1.00. The summed E-state index contributed by atoms with van der Waals surface area (Å²) in [4.78, 5) is 0. The third-order valence-electron chi connectivity index (χ3n) is 3.27. The Hall–Kier alpha value is -0.120. The fourth-order valence-corrected chi connectivity index (χ4v) is 1.81. The molecule has 0 saturated carbocycles. The molecule has 0 unspecified atom stereocenters. The second-order valence-corrected chi connectivity index (χ2v) is 6.78. The summed E-state index contributed by atoms with van der Waals surface area (Å²) in [7, 11) is 2.00. The highest BCUT2D eigenvalue weighted by atomic mass is 16.5. The van der Waals surface area contributed by atoms with Crippen LogP contribution in [0.15, 0.2) is 0 Å². The third-order valence-corrected chi connectivity index (χ3v) is 3.27. The van der Waals surface area contributed by atoms with Gasteiger partial charge in [-0.1, -0.05) is 34.6 Å². The largest absolute Gasteiger partial charge is 0.380 e. The second kappa shape index (κ2) is 8.89. The van der Waals surface area contributed by atoms with E-state index in [0.29, 0.717) is 0 Å². The maximum absolute atomic E-state index is 5.94. The molecule has 0 bridgehead atoms. The van der Waals surface area contributed by atoms with Crippen LogP contribution in [0.1, 0.15) is 47.5 Å². The molecule has 2 N–H and O–H groups in total. The van der Waals surface area contributed by atoms with Gasteiger partial charge in [-0.25, -0.2) is 0 Å². The minimum Gasteiger partial charge on any atom is -0.380 e. The van der Waals surface area contributed by atoms with Gasteiger partial charge in [0.25, 0.3) is 0 Å². The molecule has 0 aromatic heterocycles. The molecule has 0 fully saturated rings. The molecule has 3 nitrogen and oxygen atoms in total. The molecule has 0 aliphatic rings. The van der Waals surface area contributed by atoms with Gasteiger partial charge in [-0.3, -0.25) is 0 Å². The van der Waals surface area contributed by atoms with E-state index in [0.717, 1.165) is 45.7 Å². The SMILES string of the molecule is CCNCCC(C)(C)COCC(C)(C)CCNC. The number of hydrogen-bond donors (Lipinski definition) is 2. The number of rotatable bonds is 11. The van der Waals surface area contributed by atoms with Crippen LogP contribution in [-0.2, 0) is 4.74 Å². The van der Waals surface area contributed by atoms with Gasteiger partial charge in [-0.05, 0) is 50.4 Å². The Morgan fingerprint density at radius 1 is 0.889 bits per heavy atom. The summed E-state index contributed by atoms with van der Waals surface area (Å²) in [6.07, 6.45) is 2.32. The summed E-state index contributed by atoms with van der Waals surface area (Å²) in [5.74, 6) is 0. The van der Waals surface area contributed by atoms with Gasteiger partial charge in [-0.15, -0.1) is 0 Å². The summed E-state index contributed by atoms with van der Waals surface area (Å²) in [5.41, 5.74) is 0.530. The van der Waals surface area contributed by atoms with E-state index in [4.69, 9.17) is 4.74 Å². The fourth-order valence-electron chi connectivity index (χ4n) is 1.81. The van der Waals surface area contributed by atoms with Crippen molar-refractivity contribution >= 4 is 0 Å². The molecule has 0 saturated heterocycles. The van der Waals surface area contributed by atoms with Crippen molar-refractivity contribution < 1.29 is 4.74 Å². The lowest BCUT2D eigenvalue weighted by Crippen LogP contribution is -2.30. The first-order chi connectivity index (χ1) is 8.33. The molecule has 18 heavy (non-hydrogen) atoms. The van der Waals surface area contributed by atoms with Gasteiger partial charge in [0.05, 0.1) is 13.2 Å². The van der Waals surface area contributed by atoms with Crippen molar-refractivity contribution in [1.82, 2.24) is 10.6 Å². The van der Waals surface area contributed by atoms with Gasteiger partial charge in [0.15, 0.2) is 0 Å². The van der Waals surface area contributed by atoms with Crippen LogP contribution in [0.25, 0.3) is 0 Å². The molecule has 0 aromatic carbocycles. The first-order valence-electron chi connectivity index (χ1n) is 7.26. The summed E-state index contributed by atoms with van der Waals surface area (Å²) < 4.78 is 5.94. The smallest absolute Gasteiger partial charge is 0.0517 e. The van der Waals surface area contributed by atoms with Crippen LogP contribution in [0.4, 0.5) is 0 Å². The standard InChI is InChI=1S/C15H34N2O/c1-7-17-11-9-15(4,5)13-18-12-14(2,3)8-10-16-6/h16-17H,7-13H2,1-6H3. The van der Waals surface area contributed by atoms with Gasteiger partial charge < -0.3 is 15.4 Å². The van der Waals surface area contributed by atoms with E-state index in [1.54, 1.807) is 0 Å². The van der Waals surface area contributed by atoms with Crippen LogP contribution < -0.4 is 10.6 Å². The van der Waals surface area contributed by atoms with Crippen LogP contribution in [0.3, 0.4) is 0 Å².